The van der Waals surface area contributed by atoms with Crippen LogP contribution in [0.4, 0.5) is 13.2 Å². The Kier molecular flexibility index (Phi) is 4.47. The van der Waals surface area contributed by atoms with Crippen molar-refractivity contribution in [3.63, 3.8) is 0 Å². The van der Waals surface area contributed by atoms with Crippen molar-refractivity contribution in [1.29, 1.82) is 0 Å². The van der Waals surface area contributed by atoms with Gasteiger partial charge in [-0.3, -0.25) is 11.3 Å². The molecular formula is C14H15F3N2S. The van der Waals surface area contributed by atoms with Crippen LogP contribution >= 0.6 is 11.3 Å². The number of aryl methyl sites for hydroxylation is 1. The highest BCUT2D eigenvalue weighted by atomic mass is 32.1. The Morgan fingerprint density at radius 1 is 1.30 bits per heavy atom. The maximum absolute atomic E-state index is 12.7. The van der Waals surface area contributed by atoms with Gasteiger partial charge in [0, 0.05) is 4.88 Å². The topological polar surface area (TPSA) is 38.0 Å². The van der Waals surface area contributed by atoms with Gasteiger partial charge >= 0.3 is 6.18 Å². The first kappa shape index (κ1) is 15.0. The lowest BCUT2D eigenvalue weighted by molar-refractivity contribution is -0.137. The number of hydrogen-bond acceptors (Lipinski definition) is 3. The van der Waals surface area contributed by atoms with E-state index in [-0.39, 0.29) is 6.04 Å². The molecule has 1 unspecified atom stereocenters. The van der Waals surface area contributed by atoms with Crippen molar-refractivity contribution < 1.29 is 13.2 Å². The van der Waals surface area contributed by atoms with Crippen molar-refractivity contribution in [3.05, 3.63) is 57.3 Å². The van der Waals surface area contributed by atoms with Crippen LogP contribution < -0.4 is 11.3 Å². The molecule has 0 fully saturated rings. The molecule has 0 bridgehead atoms. The molecule has 20 heavy (non-hydrogen) atoms. The third-order valence-electron chi connectivity index (χ3n) is 3.05. The summed E-state index contributed by atoms with van der Waals surface area (Å²) in [5.41, 5.74) is 3.63. The molecule has 0 amide bonds. The molecule has 0 radical (unpaired) electrons. The second kappa shape index (κ2) is 5.95. The molecule has 2 rings (SSSR count). The number of nitrogens with two attached hydrogens (primary N) is 1. The zero-order valence-corrected chi connectivity index (χ0v) is 11.7. The Labute approximate surface area is 119 Å². The lowest BCUT2D eigenvalue weighted by Crippen LogP contribution is -2.29. The maximum atomic E-state index is 12.7. The Bertz CT molecular complexity index is 578. The van der Waals surface area contributed by atoms with E-state index < -0.39 is 11.7 Å². The Hall–Kier alpha value is -1.37. The first-order chi connectivity index (χ1) is 9.40. The Morgan fingerprint density at radius 2 is 2.05 bits per heavy atom. The molecule has 0 aliphatic heterocycles. The highest BCUT2D eigenvalue weighted by Gasteiger charge is 2.30. The van der Waals surface area contributed by atoms with Crippen molar-refractivity contribution in [2.24, 2.45) is 5.84 Å². The summed E-state index contributed by atoms with van der Waals surface area (Å²) >= 11 is 1.59. The first-order valence-corrected chi connectivity index (χ1v) is 6.95. The van der Waals surface area contributed by atoms with E-state index in [1.807, 2.05) is 18.4 Å². The summed E-state index contributed by atoms with van der Waals surface area (Å²) in [6.45, 7) is 1.98. The molecule has 108 valence electrons. The molecule has 0 saturated heterocycles. The van der Waals surface area contributed by atoms with Crippen molar-refractivity contribution in [3.8, 4) is 0 Å². The predicted octanol–water partition coefficient (Wildman–Crippen LogP) is 3.82. The van der Waals surface area contributed by atoms with E-state index in [4.69, 9.17) is 5.84 Å². The van der Waals surface area contributed by atoms with Crippen molar-refractivity contribution >= 4 is 11.3 Å². The van der Waals surface area contributed by atoms with Crippen LogP contribution in [-0.4, -0.2) is 0 Å². The van der Waals surface area contributed by atoms with Gasteiger partial charge in [0.25, 0.3) is 0 Å². The number of rotatable bonds is 4. The van der Waals surface area contributed by atoms with Gasteiger partial charge in [-0.25, -0.2) is 0 Å². The molecular weight excluding hydrogens is 285 g/mol. The summed E-state index contributed by atoms with van der Waals surface area (Å²) in [6.07, 6.45) is -3.91. The molecule has 1 atom stereocenters. The van der Waals surface area contributed by atoms with Crippen molar-refractivity contribution in [2.45, 2.75) is 25.6 Å². The largest absolute Gasteiger partial charge is 0.416 e. The van der Waals surface area contributed by atoms with Crippen LogP contribution in [0.2, 0.25) is 0 Å². The number of halogens is 3. The van der Waals surface area contributed by atoms with E-state index in [0.29, 0.717) is 12.0 Å². The normalized spacial score (nSPS) is 13.4. The summed E-state index contributed by atoms with van der Waals surface area (Å²) in [6, 6.07) is 7.14. The smallest absolute Gasteiger partial charge is 0.271 e. The van der Waals surface area contributed by atoms with Gasteiger partial charge in [0.2, 0.25) is 0 Å². The van der Waals surface area contributed by atoms with Crippen LogP contribution in [0.1, 0.15) is 27.6 Å². The maximum Gasteiger partial charge on any atom is 0.416 e. The molecule has 0 saturated carbocycles. The minimum Gasteiger partial charge on any atom is -0.271 e. The third kappa shape index (κ3) is 3.59. The summed E-state index contributed by atoms with van der Waals surface area (Å²) in [7, 11) is 0. The summed E-state index contributed by atoms with van der Waals surface area (Å²) in [5, 5.41) is 1.97. The molecule has 1 heterocycles. The van der Waals surface area contributed by atoms with Gasteiger partial charge in [-0.05, 0) is 42.0 Å². The third-order valence-corrected chi connectivity index (χ3v) is 3.93. The van der Waals surface area contributed by atoms with Gasteiger partial charge in [-0.15, -0.1) is 11.3 Å². The zero-order chi connectivity index (χ0) is 14.8. The first-order valence-electron chi connectivity index (χ1n) is 6.07. The van der Waals surface area contributed by atoms with Crippen LogP contribution in [-0.2, 0) is 12.6 Å². The molecule has 2 nitrogen and oxygen atoms in total. The fraction of sp³-hybridized carbons (Fsp3) is 0.286. The van der Waals surface area contributed by atoms with Crippen LogP contribution in [0.5, 0.6) is 0 Å². The van der Waals surface area contributed by atoms with E-state index in [1.54, 1.807) is 17.4 Å². The summed E-state index contributed by atoms with van der Waals surface area (Å²) in [5.74, 6) is 5.52. The van der Waals surface area contributed by atoms with Gasteiger partial charge in [-0.1, -0.05) is 18.2 Å². The van der Waals surface area contributed by atoms with Crippen LogP contribution in [0.25, 0.3) is 0 Å². The fourth-order valence-corrected chi connectivity index (χ4v) is 2.79. The highest BCUT2D eigenvalue weighted by molar-refractivity contribution is 7.10. The highest BCUT2D eigenvalue weighted by Crippen LogP contribution is 2.30. The van der Waals surface area contributed by atoms with Crippen LogP contribution in [0, 0.1) is 6.92 Å². The van der Waals surface area contributed by atoms with E-state index in [1.165, 1.54) is 12.1 Å². The quantitative estimate of drug-likeness (QED) is 0.665. The number of nitrogens with one attached hydrogen (secondary N) is 1. The molecule has 2 aromatic rings. The molecule has 1 aromatic carbocycles. The minimum atomic E-state index is -4.32. The van der Waals surface area contributed by atoms with E-state index >= 15 is 0 Å². The Morgan fingerprint density at radius 3 is 2.60 bits per heavy atom. The van der Waals surface area contributed by atoms with Crippen molar-refractivity contribution in [1.82, 2.24) is 5.43 Å². The molecule has 0 aliphatic rings. The average molecular weight is 300 g/mol. The number of benzene rings is 1. The van der Waals surface area contributed by atoms with Crippen LogP contribution in [0.15, 0.2) is 35.7 Å². The van der Waals surface area contributed by atoms with Gasteiger partial charge in [-0.2, -0.15) is 13.2 Å². The minimum absolute atomic E-state index is 0.191. The number of thiophene rings is 1. The second-order valence-electron chi connectivity index (χ2n) is 4.61. The number of hydrogen-bond donors (Lipinski definition) is 2. The van der Waals surface area contributed by atoms with E-state index in [2.05, 4.69) is 5.43 Å². The number of hydrazine groups is 1. The average Bonchev–Trinajstić information content (AvgIpc) is 2.82. The van der Waals surface area contributed by atoms with Gasteiger partial charge in [0.05, 0.1) is 11.6 Å². The van der Waals surface area contributed by atoms with Gasteiger partial charge in [0.1, 0.15) is 0 Å². The lowest BCUT2D eigenvalue weighted by atomic mass is 10.00. The van der Waals surface area contributed by atoms with Gasteiger partial charge < -0.3 is 0 Å². The SMILES string of the molecule is Cc1cc(C(Cc2cccc(C(F)(F)F)c2)NN)cs1. The molecule has 0 aliphatic carbocycles. The Balaban J connectivity index is 2.20. The molecule has 6 heteroatoms. The standard InChI is InChI=1S/C14H15F3N2S/c1-9-5-11(8-20-9)13(19-18)7-10-3-2-4-12(6-10)14(15,16)17/h2-6,8,13,19H,7,18H2,1H3. The zero-order valence-electron chi connectivity index (χ0n) is 10.9. The molecule has 3 N–H and O–H groups in total. The summed E-state index contributed by atoms with van der Waals surface area (Å²) < 4.78 is 38.0. The molecule has 1 aromatic heterocycles. The number of alkyl halides is 3. The van der Waals surface area contributed by atoms with Crippen LogP contribution in [0.3, 0.4) is 0 Å². The monoisotopic (exact) mass is 300 g/mol. The predicted molar refractivity (Wildman–Crippen MR) is 74.3 cm³/mol. The fourth-order valence-electron chi connectivity index (χ4n) is 2.03. The van der Waals surface area contributed by atoms with E-state index in [9.17, 15) is 13.2 Å². The summed E-state index contributed by atoms with van der Waals surface area (Å²) in [4.78, 5) is 1.14. The lowest BCUT2D eigenvalue weighted by Gasteiger charge is -2.16. The van der Waals surface area contributed by atoms with Crippen molar-refractivity contribution in [2.75, 3.05) is 0 Å². The van der Waals surface area contributed by atoms with E-state index in [0.717, 1.165) is 16.5 Å². The molecule has 0 spiro atoms. The van der Waals surface area contributed by atoms with Gasteiger partial charge in [0.15, 0.2) is 0 Å². The second-order valence-corrected chi connectivity index (χ2v) is 5.73.